The van der Waals surface area contributed by atoms with Crippen LogP contribution in [-0.4, -0.2) is 23.2 Å². The molecule has 2 aromatic carbocycles. The molecule has 0 spiro atoms. The Morgan fingerprint density at radius 2 is 1.57 bits per heavy atom. The lowest BCUT2D eigenvalue weighted by molar-refractivity contribution is 0.0621. The molecule has 0 aliphatic carbocycles. The predicted molar refractivity (Wildman–Crippen MR) is 76.5 cm³/mol. The fourth-order valence-electron chi connectivity index (χ4n) is 1.70. The molecule has 1 amide bonds. The average molecular weight is 285 g/mol. The Kier molecular flexibility index (Phi) is 5.06. The maximum Gasteiger partial charge on any atom is 0.409 e. The van der Waals surface area contributed by atoms with E-state index in [2.05, 4.69) is 5.32 Å². The number of rotatable bonds is 5. The van der Waals surface area contributed by atoms with Gasteiger partial charge in [-0.25, -0.2) is 4.79 Å². The number of benzene rings is 2. The van der Waals surface area contributed by atoms with Gasteiger partial charge in [-0.15, -0.1) is 0 Å². The van der Waals surface area contributed by atoms with Crippen molar-refractivity contribution >= 4 is 11.9 Å². The van der Waals surface area contributed by atoms with Crippen LogP contribution in [0.25, 0.3) is 0 Å². The first-order valence-corrected chi connectivity index (χ1v) is 6.41. The maximum atomic E-state index is 11.8. The number of carbonyl (C=O) groups is 2. The first-order chi connectivity index (χ1) is 10.2. The highest BCUT2D eigenvalue weighted by Crippen LogP contribution is 2.03. The molecule has 5 heteroatoms. The number of hydrogen-bond donors (Lipinski definition) is 2. The Bertz CT molecular complexity index is 598. The van der Waals surface area contributed by atoms with Crippen molar-refractivity contribution in [2.24, 2.45) is 0 Å². The van der Waals surface area contributed by atoms with Gasteiger partial charge >= 0.3 is 6.09 Å². The van der Waals surface area contributed by atoms with Crippen LogP contribution in [0.4, 0.5) is 4.79 Å². The SMILES string of the molecule is O=C(NC(O)C(=O)c1ccccc1)OCc1ccccc1. The zero-order valence-electron chi connectivity index (χ0n) is 11.2. The Morgan fingerprint density at radius 3 is 2.19 bits per heavy atom. The summed E-state index contributed by atoms with van der Waals surface area (Å²) in [6.45, 7) is 0.0684. The molecule has 0 aromatic heterocycles. The van der Waals surface area contributed by atoms with Crippen LogP contribution >= 0.6 is 0 Å². The highest BCUT2D eigenvalue weighted by molar-refractivity contribution is 6.00. The van der Waals surface area contributed by atoms with E-state index in [1.54, 1.807) is 42.5 Å². The van der Waals surface area contributed by atoms with Gasteiger partial charge < -0.3 is 9.84 Å². The number of ketones is 1. The summed E-state index contributed by atoms with van der Waals surface area (Å²) in [6, 6.07) is 17.3. The summed E-state index contributed by atoms with van der Waals surface area (Å²) in [5.41, 5.74) is 1.13. The van der Waals surface area contributed by atoms with Gasteiger partial charge in [-0.1, -0.05) is 60.7 Å². The van der Waals surface area contributed by atoms with E-state index in [0.717, 1.165) is 5.56 Å². The number of aliphatic hydroxyl groups is 1. The van der Waals surface area contributed by atoms with Crippen LogP contribution in [0.15, 0.2) is 60.7 Å². The largest absolute Gasteiger partial charge is 0.445 e. The van der Waals surface area contributed by atoms with Crippen LogP contribution in [0.2, 0.25) is 0 Å². The minimum absolute atomic E-state index is 0.0684. The summed E-state index contributed by atoms with van der Waals surface area (Å²) in [5.74, 6) is -0.590. The molecule has 0 radical (unpaired) electrons. The highest BCUT2D eigenvalue weighted by Gasteiger charge is 2.19. The molecule has 0 aliphatic heterocycles. The molecule has 108 valence electrons. The van der Waals surface area contributed by atoms with E-state index in [9.17, 15) is 14.7 Å². The summed E-state index contributed by atoms with van der Waals surface area (Å²) in [4.78, 5) is 23.4. The molecule has 2 aromatic rings. The molecule has 0 saturated carbocycles. The van der Waals surface area contributed by atoms with Crippen molar-refractivity contribution in [2.75, 3.05) is 0 Å². The zero-order chi connectivity index (χ0) is 15.1. The lowest BCUT2D eigenvalue weighted by atomic mass is 10.1. The Morgan fingerprint density at radius 1 is 1.00 bits per heavy atom. The van der Waals surface area contributed by atoms with Gasteiger partial charge in [0.25, 0.3) is 0 Å². The molecule has 5 nitrogen and oxygen atoms in total. The number of alkyl carbamates (subject to hydrolysis) is 1. The van der Waals surface area contributed by atoms with Gasteiger partial charge in [0.2, 0.25) is 5.78 Å². The minimum atomic E-state index is -1.63. The van der Waals surface area contributed by atoms with Crippen molar-refractivity contribution in [3.05, 3.63) is 71.8 Å². The Labute approximate surface area is 122 Å². The number of Topliss-reactive ketones (excluding diaryl/α,β-unsaturated/α-hetero) is 1. The van der Waals surface area contributed by atoms with Crippen LogP contribution in [0.1, 0.15) is 15.9 Å². The second-order valence-corrected chi connectivity index (χ2v) is 4.34. The van der Waals surface area contributed by atoms with Crippen LogP contribution in [0.3, 0.4) is 0 Å². The minimum Gasteiger partial charge on any atom is -0.445 e. The standard InChI is InChI=1S/C16H15NO4/c18-14(13-9-5-2-6-10-13)15(19)17-16(20)21-11-12-7-3-1-4-8-12/h1-10,15,19H,11H2,(H,17,20). The third-order valence-electron chi connectivity index (χ3n) is 2.77. The third kappa shape index (κ3) is 4.43. The molecular weight excluding hydrogens is 270 g/mol. The molecule has 2 N–H and O–H groups in total. The van der Waals surface area contributed by atoms with Crippen molar-refractivity contribution in [1.29, 1.82) is 0 Å². The molecule has 1 unspecified atom stereocenters. The molecular formula is C16H15NO4. The first-order valence-electron chi connectivity index (χ1n) is 6.41. The average Bonchev–Trinajstić information content (AvgIpc) is 2.54. The van der Waals surface area contributed by atoms with E-state index < -0.39 is 18.1 Å². The number of aliphatic hydroxyl groups excluding tert-OH is 1. The van der Waals surface area contributed by atoms with E-state index >= 15 is 0 Å². The second kappa shape index (κ2) is 7.21. The quantitative estimate of drug-likeness (QED) is 0.651. The van der Waals surface area contributed by atoms with Crippen LogP contribution < -0.4 is 5.32 Å². The lowest BCUT2D eigenvalue weighted by Crippen LogP contribution is -2.40. The van der Waals surface area contributed by atoms with Gasteiger partial charge in [0.05, 0.1) is 0 Å². The number of hydrogen-bond acceptors (Lipinski definition) is 4. The van der Waals surface area contributed by atoms with E-state index in [0.29, 0.717) is 5.56 Å². The van der Waals surface area contributed by atoms with Gasteiger partial charge in [-0.3, -0.25) is 10.1 Å². The molecule has 0 bridgehead atoms. The molecule has 21 heavy (non-hydrogen) atoms. The summed E-state index contributed by atoms with van der Waals surface area (Å²) < 4.78 is 4.92. The fourth-order valence-corrected chi connectivity index (χ4v) is 1.70. The van der Waals surface area contributed by atoms with E-state index in [1.807, 2.05) is 18.2 Å². The van der Waals surface area contributed by atoms with E-state index in [-0.39, 0.29) is 6.61 Å². The molecule has 1 atom stereocenters. The molecule has 2 rings (SSSR count). The smallest absolute Gasteiger partial charge is 0.409 e. The van der Waals surface area contributed by atoms with Crippen molar-refractivity contribution in [3.63, 3.8) is 0 Å². The molecule has 0 saturated heterocycles. The summed E-state index contributed by atoms with van der Waals surface area (Å²) in [6.07, 6.45) is -2.48. The molecule has 0 fully saturated rings. The number of ether oxygens (including phenoxy) is 1. The predicted octanol–water partition coefficient (Wildman–Crippen LogP) is 2.11. The van der Waals surface area contributed by atoms with Gasteiger partial charge in [0, 0.05) is 5.56 Å². The molecule has 0 aliphatic rings. The van der Waals surface area contributed by atoms with Gasteiger partial charge in [-0.2, -0.15) is 0 Å². The first kappa shape index (κ1) is 14.7. The van der Waals surface area contributed by atoms with Crippen molar-refractivity contribution < 1.29 is 19.4 Å². The topological polar surface area (TPSA) is 75.6 Å². The number of amides is 1. The van der Waals surface area contributed by atoms with Gasteiger partial charge in [0.15, 0.2) is 6.23 Å². The Balaban J connectivity index is 1.83. The highest BCUT2D eigenvalue weighted by atomic mass is 16.6. The van der Waals surface area contributed by atoms with Gasteiger partial charge in [-0.05, 0) is 5.56 Å². The third-order valence-corrected chi connectivity index (χ3v) is 2.77. The summed E-state index contributed by atoms with van der Waals surface area (Å²) in [5, 5.41) is 11.8. The second-order valence-electron chi connectivity index (χ2n) is 4.34. The Hall–Kier alpha value is -2.66. The zero-order valence-corrected chi connectivity index (χ0v) is 11.2. The van der Waals surface area contributed by atoms with E-state index in [4.69, 9.17) is 4.74 Å². The van der Waals surface area contributed by atoms with Crippen LogP contribution in [0.5, 0.6) is 0 Å². The van der Waals surface area contributed by atoms with Crippen molar-refractivity contribution in [2.45, 2.75) is 12.8 Å². The molecule has 0 heterocycles. The summed E-state index contributed by atoms with van der Waals surface area (Å²) >= 11 is 0. The van der Waals surface area contributed by atoms with Gasteiger partial charge in [0.1, 0.15) is 6.61 Å². The van der Waals surface area contributed by atoms with Crippen LogP contribution in [-0.2, 0) is 11.3 Å². The monoisotopic (exact) mass is 285 g/mol. The number of nitrogens with one attached hydrogen (secondary N) is 1. The number of carbonyl (C=O) groups excluding carboxylic acids is 2. The maximum absolute atomic E-state index is 11.8. The van der Waals surface area contributed by atoms with Crippen molar-refractivity contribution in [3.8, 4) is 0 Å². The fraction of sp³-hybridized carbons (Fsp3) is 0.125. The van der Waals surface area contributed by atoms with Crippen LogP contribution in [0, 0.1) is 0 Å². The normalized spacial score (nSPS) is 11.5. The summed E-state index contributed by atoms with van der Waals surface area (Å²) in [7, 11) is 0. The lowest BCUT2D eigenvalue weighted by Gasteiger charge is -2.12. The van der Waals surface area contributed by atoms with E-state index in [1.165, 1.54) is 0 Å². The van der Waals surface area contributed by atoms with Crippen molar-refractivity contribution in [1.82, 2.24) is 5.32 Å².